The van der Waals surface area contributed by atoms with Crippen LogP contribution in [0, 0.1) is 5.92 Å². The van der Waals surface area contributed by atoms with Crippen LogP contribution in [0.5, 0.6) is 0 Å². The second kappa shape index (κ2) is 5.33. The maximum absolute atomic E-state index is 6.08. The van der Waals surface area contributed by atoms with E-state index in [0.717, 1.165) is 22.8 Å². The van der Waals surface area contributed by atoms with Gasteiger partial charge in [0.05, 0.1) is 4.47 Å². The quantitative estimate of drug-likeness (QED) is 0.727. The molecule has 1 aliphatic carbocycles. The zero-order valence-electron chi connectivity index (χ0n) is 10.3. The first-order chi connectivity index (χ1) is 8.77. The molecule has 98 valence electrons. The van der Waals surface area contributed by atoms with Crippen LogP contribution in [0.1, 0.15) is 38.5 Å². The second-order valence-corrected chi connectivity index (χ2v) is 6.40. The third-order valence-corrected chi connectivity index (χ3v) is 5.49. The average Bonchev–Trinajstić information content (AvgIpc) is 2.41. The van der Waals surface area contributed by atoms with Crippen molar-refractivity contribution in [2.45, 2.75) is 44.6 Å². The van der Waals surface area contributed by atoms with Crippen LogP contribution in [0.2, 0.25) is 5.15 Å². The van der Waals surface area contributed by atoms with Crippen molar-refractivity contribution in [3.05, 3.63) is 16.0 Å². The lowest BCUT2D eigenvalue weighted by Gasteiger charge is -2.45. The summed E-state index contributed by atoms with van der Waals surface area (Å²) in [5, 5.41) is 0.512. The number of rotatable bonds is 1. The van der Waals surface area contributed by atoms with E-state index in [1.807, 2.05) is 0 Å². The van der Waals surface area contributed by atoms with Crippen LogP contribution in [-0.2, 0) is 0 Å². The molecular formula is C13H17BrClN3. The van der Waals surface area contributed by atoms with Crippen molar-refractivity contribution in [1.29, 1.82) is 0 Å². The summed E-state index contributed by atoms with van der Waals surface area (Å²) in [5.41, 5.74) is 0. The van der Waals surface area contributed by atoms with Gasteiger partial charge in [-0.3, -0.25) is 0 Å². The van der Waals surface area contributed by atoms with Gasteiger partial charge in [-0.2, -0.15) is 0 Å². The Balaban J connectivity index is 1.92. The first-order valence-electron chi connectivity index (χ1n) is 6.70. The number of anilines is 1. The topological polar surface area (TPSA) is 29.0 Å². The molecule has 0 spiro atoms. The molecule has 1 aromatic rings. The first kappa shape index (κ1) is 12.7. The zero-order chi connectivity index (χ0) is 12.5. The predicted molar refractivity (Wildman–Crippen MR) is 77.1 cm³/mol. The van der Waals surface area contributed by atoms with Gasteiger partial charge in [0.2, 0.25) is 0 Å². The first-order valence-corrected chi connectivity index (χ1v) is 7.87. The smallest absolute Gasteiger partial charge is 0.148 e. The van der Waals surface area contributed by atoms with Crippen molar-refractivity contribution >= 4 is 33.3 Å². The summed E-state index contributed by atoms with van der Waals surface area (Å²) in [7, 11) is 0. The highest BCUT2D eigenvalue weighted by Crippen LogP contribution is 2.40. The van der Waals surface area contributed by atoms with Crippen molar-refractivity contribution < 1.29 is 0 Å². The molecule has 0 N–H and O–H groups in total. The normalized spacial score (nSPS) is 28.0. The monoisotopic (exact) mass is 329 g/mol. The Kier molecular flexibility index (Phi) is 3.76. The van der Waals surface area contributed by atoms with E-state index in [2.05, 4.69) is 30.8 Å². The van der Waals surface area contributed by atoms with E-state index in [-0.39, 0.29) is 0 Å². The molecular weight excluding hydrogens is 314 g/mol. The van der Waals surface area contributed by atoms with E-state index in [0.29, 0.717) is 11.2 Å². The zero-order valence-corrected chi connectivity index (χ0v) is 12.6. The van der Waals surface area contributed by atoms with Gasteiger partial charge < -0.3 is 4.90 Å². The molecule has 1 aromatic heterocycles. The van der Waals surface area contributed by atoms with E-state index in [1.165, 1.54) is 38.5 Å². The van der Waals surface area contributed by atoms with Crippen LogP contribution in [0.4, 0.5) is 5.82 Å². The minimum absolute atomic E-state index is 0.512. The summed E-state index contributed by atoms with van der Waals surface area (Å²) in [6.07, 6.45) is 9.59. The van der Waals surface area contributed by atoms with Crippen molar-refractivity contribution in [2.75, 3.05) is 11.4 Å². The predicted octanol–water partition coefficient (Wildman–Crippen LogP) is 4.05. The summed E-state index contributed by atoms with van der Waals surface area (Å²) in [6.45, 7) is 1.09. The Morgan fingerprint density at radius 2 is 1.94 bits per heavy atom. The molecule has 2 aliphatic rings. The number of aromatic nitrogens is 2. The number of hydrogen-bond acceptors (Lipinski definition) is 3. The van der Waals surface area contributed by atoms with Crippen LogP contribution in [-0.4, -0.2) is 22.6 Å². The van der Waals surface area contributed by atoms with E-state index in [1.54, 1.807) is 6.33 Å². The Morgan fingerprint density at radius 3 is 2.83 bits per heavy atom. The Bertz CT molecular complexity index is 438. The molecule has 5 heteroatoms. The van der Waals surface area contributed by atoms with E-state index >= 15 is 0 Å². The van der Waals surface area contributed by atoms with Gasteiger partial charge in [-0.25, -0.2) is 9.97 Å². The summed E-state index contributed by atoms with van der Waals surface area (Å²) < 4.78 is 0.845. The number of nitrogens with zero attached hydrogens (tertiary/aromatic N) is 3. The average molecular weight is 331 g/mol. The van der Waals surface area contributed by atoms with Crippen LogP contribution >= 0.6 is 27.5 Å². The molecule has 18 heavy (non-hydrogen) atoms. The Labute approximate surface area is 121 Å². The van der Waals surface area contributed by atoms with Crippen molar-refractivity contribution in [3.8, 4) is 0 Å². The Morgan fingerprint density at radius 1 is 1.17 bits per heavy atom. The maximum atomic E-state index is 6.08. The molecule has 3 rings (SSSR count). The summed E-state index contributed by atoms with van der Waals surface area (Å²) in [6, 6.07) is 0.648. The van der Waals surface area contributed by atoms with Crippen LogP contribution < -0.4 is 4.90 Å². The van der Waals surface area contributed by atoms with Gasteiger partial charge in [0.25, 0.3) is 0 Å². The van der Waals surface area contributed by atoms with Gasteiger partial charge in [-0.05, 0) is 47.5 Å². The van der Waals surface area contributed by atoms with Gasteiger partial charge in [0, 0.05) is 12.6 Å². The summed E-state index contributed by atoms with van der Waals surface area (Å²) >= 11 is 9.62. The fourth-order valence-corrected chi connectivity index (χ4v) is 3.99. The van der Waals surface area contributed by atoms with Crippen molar-refractivity contribution in [3.63, 3.8) is 0 Å². The fourth-order valence-electron chi connectivity index (χ4n) is 3.43. The maximum Gasteiger partial charge on any atom is 0.148 e. The number of fused-ring (bicyclic) bond motifs is 1. The van der Waals surface area contributed by atoms with Crippen LogP contribution in [0.3, 0.4) is 0 Å². The number of hydrogen-bond donors (Lipinski definition) is 0. The lowest BCUT2D eigenvalue weighted by molar-refractivity contribution is 0.242. The number of halogens is 2. The molecule has 0 aromatic carbocycles. The molecule has 0 amide bonds. The fraction of sp³-hybridized carbons (Fsp3) is 0.692. The molecule has 0 bridgehead atoms. The molecule has 0 radical (unpaired) electrons. The highest BCUT2D eigenvalue weighted by atomic mass is 79.9. The van der Waals surface area contributed by atoms with Crippen molar-refractivity contribution in [1.82, 2.24) is 9.97 Å². The molecule has 0 unspecified atom stereocenters. The molecule has 2 fully saturated rings. The Hall–Kier alpha value is -0.350. The van der Waals surface area contributed by atoms with Gasteiger partial charge in [-0.15, -0.1) is 0 Å². The van der Waals surface area contributed by atoms with Crippen LogP contribution in [0.15, 0.2) is 10.8 Å². The van der Waals surface area contributed by atoms with Crippen LogP contribution in [0.25, 0.3) is 0 Å². The van der Waals surface area contributed by atoms with Gasteiger partial charge in [-0.1, -0.05) is 24.4 Å². The lowest BCUT2D eigenvalue weighted by Crippen LogP contribution is -2.47. The van der Waals surface area contributed by atoms with E-state index < -0.39 is 0 Å². The number of piperidine rings is 1. The molecule has 3 nitrogen and oxygen atoms in total. The molecule has 1 saturated heterocycles. The summed E-state index contributed by atoms with van der Waals surface area (Å²) in [4.78, 5) is 10.9. The molecule has 1 aliphatic heterocycles. The van der Waals surface area contributed by atoms with E-state index in [9.17, 15) is 0 Å². The minimum Gasteiger partial charge on any atom is -0.352 e. The van der Waals surface area contributed by atoms with Gasteiger partial charge >= 0.3 is 0 Å². The SMILES string of the molecule is Clc1ncnc(N2CCC[C@H]3CCCC[C@H]32)c1Br. The van der Waals surface area contributed by atoms with E-state index in [4.69, 9.17) is 11.6 Å². The molecule has 2 atom stereocenters. The van der Waals surface area contributed by atoms with Crippen molar-refractivity contribution in [2.24, 2.45) is 5.92 Å². The van der Waals surface area contributed by atoms with Gasteiger partial charge in [0.1, 0.15) is 17.3 Å². The highest BCUT2D eigenvalue weighted by Gasteiger charge is 2.34. The molecule has 1 saturated carbocycles. The largest absolute Gasteiger partial charge is 0.352 e. The lowest BCUT2D eigenvalue weighted by atomic mass is 9.78. The highest BCUT2D eigenvalue weighted by molar-refractivity contribution is 9.10. The third-order valence-electron chi connectivity index (χ3n) is 4.24. The summed E-state index contributed by atoms with van der Waals surface area (Å²) in [5.74, 6) is 1.82. The third kappa shape index (κ3) is 2.25. The molecule has 2 heterocycles. The van der Waals surface area contributed by atoms with Gasteiger partial charge in [0.15, 0.2) is 0 Å². The minimum atomic E-state index is 0.512. The standard InChI is InChI=1S/C13H17BrClN3/c14-11-12(15)16-8-17-13(11)18-7-3-5-9-4-1-2-6-10(9)18/h8-10H,1-7H2/t9-,10-/m1/s1. The second-order valence-electron chi connectivity index (χ2n) is 5.25.